The molecule has 2 aromatic rings. The standard InChI is InChI=1S/C23H31N3O4S/c1-6-24-23(28)19(4)25(15-20-12-8-7-11-18(20)3)22(27)16-26(31(5,29)30)21-13-9-10-17(2)14-21/h7-14,19H,6,15-16H2,1-5H3,(H,24,28)/t19-/m1/s1. The van der Waals surface area contributed by atoms with Gasteiger partial charge in [-0.25, -0.2) is 8.42 Å². The molecule has 0 radical (unpaired) electrons. The molecule has 0 aliphatic carbocycles. The molecule has 168 valence electrons. The van der Waals surface area contributed by atoms with Gasteiger partial charge in [0.05, 0.1) is 11.9 Å². The Morgan fingerprint density at radius 1 is 1.06 bits per heavy atom. The molecule has 0 heterocycles. The van der Waals surface area contributed by atoms with E-state index in [1.54, 1.807) is 32.0 Å². The van der Waals surface area contributed by atoms with Crippen molar-refractivity contribution in [2.24, 2.45) is 0 Å². The Labute approximate surface area is 185 Å². The molecular weight excluding hydrogens is 414 g/mol. The maximum atomic E-state index is 13.4. The first-order valence-corrected chi connectivity index (χ1v) is 12.1. The van der Waals surface area contributed by atoms with Crippen LogP contribution in [0.4, 0.5) is 5.69 Å². The van der Waals surface area contributed by atoms with Gasteiger partial charge in [-0.05, 0) is 56.5 Å². The van der Waals surface area contributed by atoms with E-state index in [0.717, 1.165) is 27.3 Å². The molecule has 2 aromatic carbocycles. The molecule has 0 aromatic heterocycles. The number of rotatable bonds is 9. The zero-order valence-electron chi connectivity index (χ0n) is 18.8. The van der Waals surface area contributed by atoms with Crippen molar-refractivity contribution in [3.05, 3.63) is 65.2 Å². The van der Waals surface area contributed by atoms with Crippen molar-refractivity contribution in [2.75, 3.05) is 23.7 Å². The van der Waals surface area contributed by atoms with Crippen LogP contribution in [0.15, 0.2) is 48.5 Å². The quantitative estimate of drug-likeness (QED) is 0.643. The molecule has 0 fully saturated rings. The van der Waals surface area contributed by atoms with Crippen LogP contribution < -0.4 is 9.62 Å². The van der Waals surface area contributed by atoms with Gasteiger partial charge in [0.25, 0.3) is 0 Å². The maximum Gasteiger partial charge on any atom is 0.244 e. The number of nitrogens with zero attached hydrogens (tertiary/aromatic N) is 2. The summed E-state index contributed by atoms with van der Waals surface area (Å²) in [4.78, 5) is 27.3. The Morgan fingerprint density at radius 3 is 2.32 bits per heavy atom. The zero-order valence-corrected chi connectivity index (χ0v) is 19.6. The van der Waals surface area contributed by atoms with Crippen LogP contribution in [-0.2, 0) is 26.2 Å². The lowest BCUT2D eigenvalue weighted by molar-refractivity contribution is -0.139. The number of likely N-dealkylation sites (N-methyl/N-ethyl adjacent to an activating group) is 1. The van der Waals surface area contributed by atoms with E-state index in [-0.39, 0.29) is 12.5 Å². The minimum atomic E-state index is -3.72. The molecule has 0 saturated carbocycles. The number of amides is 2. The van der Waals surface area contributed by atoms with Gasteiger partial charge in [0.15, 0.2) is 0 Å². The first-order chi connectivity index (χ1) is 14.5. The predicted molar refractivity (Wildman–Crippen MR) is 123 cm³/mol. The molecule has 7 nitrogen and oxygen atoms in total. The van der Waals surface area contributed by atoms with Gasteiger partial charge >= 0.3 is 0 Å². The van der Waals surface area contributed by atoms with Crippen LogP contribution in [0.5, 0.6) is 0 Å². The second kappa shape index (κ2) is 10.4. The number of benzene rings is 2. The number of hydrogen-bond acceptors (Lipinski definition) is 4. The van der Waals surface area contributed by atoms with Crippen molar-refractivity contribution in [1.29, 1.82) is 0 Å². The molecule has 0 aliphatic heterocycles. The highest BCUT2D eigenvalue weighted by atomic mass is 32.2. The van der Waals surface area contributed by atoms with Crippen LogP contribution in [0, 0.1) is 13.8 Å². The third-order valence-corrected chi connectivity index (χ3v) is 6.23. The smallest absolute Gasteiger partial charge is 0.244 e. The summed E-state index contributed by atoms with van der Waals surface area (Å²) in [5, 5.41) is 2.74. The van der Waals surface area contributed by atoms with E-state index >= 15 is 0 Å². The second-order valence-electron chi connectivity index (χ2n) is 7.63. The van der Waals surface area contributed by atoms with Crippen LogP contribution in [0.3, 0.4) is 0 Å². The number of carbonyl (C=O) groups is 2. The molecule has 0 bridgehead atoms. The average molecular weight is 446 g/mol. The molecule has 1 atom stereocenters. The third-order valence-electron chi connectivity index (χ3n) is 5.09. The van der Waals surface area contributed by atoms with Crippen molar-refractivity contribution >= 4 is 27.5 Å². The van der Waals surface area contributed by atoms with E-state index in [1.165, 1.54) is 4.90 Å². The van der Waals surface area contributed by atoms with Crippen molar-refractivity contribution in [2.45, 2.75) is 40.3 Å². The van der Waals surface area contributed by atoms with Gasteiger partial charge in [0.2, 0.25) is 21.8 Å². The molecule has 1 N–H and O–H groups in total. The van der Waals surface area contributed by atoms with Crippen LogP contribution in [0.1, 0.15) is 30.5 Å². The van der Waals surface area contributed by atoms with Gasteiger partial charge in [-0.3, -0.25) is 13.9 Å². The number of nitrogens with one attached hydrogen (secondary N) is 1. The Bertz CT molecular complexity index is 1040. The Morgan fingerprint density at radius 2 is 1.74 bits per heavy atom. The zero-order chi connectivity index (χ0) is 23.2. The lowest BCUT2D eigenvalue weighted by atomic mass is 10.1. The lowest BCUT2D eigenvalue weighted by Crippen LogP contribution is -2.51. The molecule has 8 heteroatoms. The van der Waals surface area contributed by atoms with Crippen LogP contribution >= 0.6 is 0 Å². The highest BCUT2D eigenvalue weighted by molar-refractivity contribution is 7.92. The van der Waals surface area contributed by atoms with Crippen LogP contribution in [-0.4, -0.2) is 50.5 Å². The Kier molecular flexibility index (Phi) is 8.21. The topological polar surface area (TPSA) is 86.8 Å². The molecule has 0 aliphatic rings. The fraction of sp³-hybridized carbons (Fsp3) is 0.391. The number of anilines is 1. The summed E-state index contributed by atoms with van der Waals surface area (Å²) in [6, 6.07) is 13.8. The van der Waals surface area contributed by atoms with Crippen molar-refractivity contribution in [3.8, 4) is 0 Å². The van der Waals surface area contributed by atoms with Crippen molar-refractivity contribution < 1.29 is 18.0 Å². The molecule has 0 unspecified atom stereocenters. The van der Waals surface area contributed by atoms with Gasteiger partial charge in [-0.2, -0.15) is 0 Å². The van der Waals surface area contributed by atoms with E-state index in [9.17, 15) is 18.0 Å². The van der Waals surface area contributed by atoms with E-state index in [1.807, 2.05) is 44.2 Å². The van der Waals surface area contributed by atoms with Gasteiger partial charge in [0, 0.05) is 13.1 Å². The first kappa shape index (κ1) is 24.4. The number of carbonyl (C=O) groups excluding carboxylic acids is 2. The fourth-order valence-electron chi connectivity index (χ4n) is 3.27. The van der Waals surface area contributed by atoms with Gasteiger partial charge in [-0.15, -0.1) is 0 Å². The average Bonchev–Trinajstić information content (AvgIpc) is 2.70. The molecule has 0 spiro atoms. The van der Waals surface area contributed by atoms with E-state index in [2.05, 4.69) is 5.32 Å². The van der Waals surface area contributed by atoms with E-state index in [4.69, 9.17) is 0 Å². The summed E-state index contributed by atoms with van der Waals surface area (Å²) >= 11 is 0. The minimum Gasteiger partial charge on any atom is -0.355 e. The SMILES string of the molecule is CCNC(=O)[C@@H](C)N(Cc1ccccc1C)C(=O)CN(c1cccc(C)c1)S(C)(=O)=O. The first-order valence-electron chi connectivity index (χ1n) is 10.2. The van der Waals surface area contributed by atoms with E-state index < -0.39 is 28.5 Å². The summed E-state index contributed by atoms with van der Waals surface area (Å²) in [6.07, 6.45) is 1.07. The van der Waals surface area contributed by atoms with Gasteiger partial charge in [0.1, 0.15) is 12.6 Å². The minimum absolute atomic E-state index is 0.204. The predicted octanol–water partition coefficient (Wildman–Crippen LogP) is 2.62. The van der Waals surface area contributed by atoms with Crippen molar-refractivity contribution in [3.63, 3.8) is 0 Å². The Balaban J connectivity index is 2.40. The summed E-state index contributed by atoms with van der Waals surface area (Å²) in [7, 11) is -3.72. The molecule has 2 rings (SSSR count). The summed E-state index contributed by atoms with van der Waals surface area (Å²) < 4.78 is 26.1. The number of aryl methyl sites for hydroxylation is 2. The summed E-state index contributed by atoms with van der Waals surface area (Å²) in [5.74, 6) is -0.736. The third kappa shape index (κ3) is 6.55. The highest BCUT2D eigenvalue weighted by Crippen LogP contribution is 2.20. The van der Waals surface area contributed by atoms with Crippen LogP contribution in [0.25, 0.3) is 0 Å². The monoisotopic (exact) mass is 445 g/mol. The van der Waals surface area contributed by atoms with Gasteiger partial charge < -0.3 is 10.2 Å². The lowest BCUT2D eigenvalue weighted by Gasteiger charge is -2.31. The fourth-order valence-corrected chi connectivity index (χ4v) is 4.11. The largest absolute Gasteiger partial charge is 0.355 e. The number of sulfonamides is 1. The molecule has 0 saturated heterocycles. The number of hydrogen-bond donors (Lipinski definition) is 1. The summed E-state index contributed by atoms with van der Waals surface area (Å²) in [6.45, 7) is 7.50. The molecule has 2 amide bonds. The van der Waals surface area contributed by atoms with E-state index in [0.29, 0.717) is 12.2 Å². The highest BCUT2D eigenvalue weighted by Gasteiger charge is 2.30. The molecular formula is C23H31N3O4S. The molecule has 31 heavy (non-hydrogen) atoms. The summed E-state index contributed by atoms with van der Waals surface area (Å²) in [5.41, 5.74) is 3.18. The van der Waals surface area contributed by atoms with Crippen molar-refractivity contribution in [1.82, 2.24) is 10.2 Å². The maximum absolute atomic E-state index is 13.4. The normalized spacial score (nSPS) is 12.2. The second-order valence-corrected chi connectivity index (χ2v) is 9.53. The van der Waals surface area contributed by atoms with Gasteiger partial charge in [-0.1, -0.05) is 36.4 Å². The van der Waals surface area contributed by atoms with Crippen LogP contribution in [0.2, 0.25) is 0 Å². The Hall–Kier alpha value is -2.87.